The van der Waals surface area contributed by atoms with Gasteiger partial charge < -0.3 is 20.1 Å². The molecular weight excluding hydrogens is 477 g/mol. The van der Waals surface area contributed by atoms with Crippen LogP contribution in [0.4, 0.5) is 10.2 Å². The molecule has 0 aromatic carbocycles. The average Bonchev–Trinajstić information content (AvgIpc) is 3.23. The number of carboxylic acid groups (broad SMARTS) is 1. The largest absolute Gasteiger partial charge is 0.477 e. The lowest BCUT2D eigenvalue weighted by molar-refractivity contribution is -0.126. The van der Waals surface area contributed by atoms with Crippen molar-refractivity contribution in [3.63, 3.8) is 0 Å². The smallest absolute Gasteiger partial charge is 0.341 e. The number of aryl methyl sites for hydroxylation is 1. The Labute approximate surface area is 203 Å². The van der Waals surface area contributed by atoms with E-state index in [-0.39, 0.29) is 34.1 Å². The van der Waals surface area contributed by atoms with Crippen LogP contribution in [0.2, 0.25) is 0 Å². The number of fused-ring (bicyclic) bond motifs is 1. The maximum atomic E-state index is 13.7. The lowest BCUT2D eigenvalue weighted by Gasteiger charge is -2.39. The number of amides is 1. The maximum absolute atomic E-state index is 13.7. The highest BCUT2D eigenvalue weighted by Gasteiger charge is 2.34. The molecule has 3 aromatic rings. The third-order valence-electron chi connectivity index (χ3n) is 6.40. The predicted octanol–water partition coefficient (Wildman–Crippen LogP) is 2.11. The summed E-state index contributed by atoms with van der Waals surface area (Å²) in [5.41, 5.74) is -0.394. The van der Waals surface area contributed by atoms with Crippen molar-refractivity contribution < 1.29 is 23.8 Å². The summed E-state index contributed by atoms with van der Waals surface area (Å²) in [6, 6.07) is 1.70. The van der Waals surface area contributed by atoms with E-state index in [1.165, 1.54) is 4.57 Å². The molecule has 12 heteroatoms. The van der Waals surface area contributed by atoms with E-state index >= 15 is 0 Å². The number of aromatic carboxylic acids is 1. The fourth-order valence-electron chi connectivity index (χ4n) is 4.45. The van der Waals surface area contributed by atoms with Crippen LogP contribution in [-0.2, 0) is 9.53 Å². The number of anilines is 1. The lowest BCUT2D eigenvalue weighted by Crippen LogP contribution is -2.55. The monoisotopic (exact) mass is 501 g/mol. The highest BCUT2D eigenvalue weighted by Crippen LogP contribution is 2.29. The molecule has 184 valence electrons. The molecule has 0 spiro atoms. The number of nitrogens with zero attached hydrogens (tertiary/aromatic N) is 4. The molecule has 2 saturated heterocycles. The molecule has 0 bridgehead atoms. The maximum Gasteiger partial charge on any atom is 0.341 e. The van der Waals surface area contributed by atoms with Crippen LogP contribution in [0, 0.1) is 18.0 Å². The minimum atomic E-state index is -1.39. The number of hydrogen-bond donors (Lipinski definition) is 2. The molecule has 5 rings (SSSR count). The van der Waals surface area contributed by atoms with Crippen molar-refractivity contribution in [3.8, 4) is 5.13 Å². The fourth-order valence-corrected chi connectivity index (χ4v) is 5.08. The first-order valence-corrected chi connectivity index (χ1v) is 12.2. The van der Waals surface area contributed by atoms with Gasteiger partial charge in [0, 0.05) is 32.4 Å². The Bertz CT molecular complexity index is 1360. The standard InChI is InChI=1S/C23H24FN5O5S/c1-12-6-17(28-9-13(10-28)21(31)25-7-14-4-2-3-5-34-14)27-20-18(12)19(30)15(22(32)33)11-29(20)23-26-8-16(24)35-23/h6,8,11,13-14H,2-5,7,9-10H2,1H3,(H,25,31)(H,32,33)/t14-/m0/s1. The molecule has 0 aliphatic carbocycles. The lowest BCUT2D eigenvalue weighted by atomic mass is 9.98. The van der Waals surface area contributed by atoms with Gasteiger partial charge in [0.2, 0.25) is 11.3 Å². The van der Waals surface area contributed by atoms with E-state index in [1.54, 1.807) is 13.0 Å². The van der Waals surface area contributed by atoms with Gasteiger partial charge >= 0.3 is 5.97 Å². The zero-order valence-corrected chi connectivity index (χ0v) is 19.8. The molecule has 0 radical (unpaired) electrons. The van der Waals surface area contributed by atoms with Crippen LogP contribution in [0.5, 0.6) is 0 Å². The Morgan fingerprint density at radius 1 is 1.34 bits per heavy atom. The normalized spacial score (nSPS) is 18.5. The van der Waals surface area contributed by atoms with E-state index in [0.29, 0.717) is 42.4 Å². The van der Waals surface area contributed by atoms with Crippen LogP contribution < -0.4 is 15.6 Å². The third-order valence-corrected chi connectivity index (χ3v) is 7.18. The van der Waals surface area contributed by atoms with Crippen molar-refractivity contribution in [2.45, 2.75) is 32.3 Å². The number of thiazole rings is 1. The van der Waals surface area contributed by atoms with Crippen molar-refractivity contribution in [2.24, 2.45) is 5.92 Å². The molecule has 10 nitrogen and oxygen atoms in total. The van der Waals surface area contributed by atoms with E-state index in [9.17, 15) is 23.9 Å². The van der Waals surface area contributed by atoms with Gasteiger partial charge in [0.25, 0.3) is 0 Å². The quantitative estimate of drug-likeness (QED) is 0.526. The Morgan fingerprint density at radius 3 is 2.80 bits per heavy atom. The number of rotatable bonds is 6. The molecule has 2 fully saturated rings. The summed E-state index contributed by atoms with van der Waals surface area (Å²) in [6.45, 7) is 3.85. The number of carbonyl (C=O) groups is 2. The molecule has 2 aliphatic rings. The Balaban J connectivity index is 1.40. The van der Waals surface area contributed by atoms with Crippen LogP contribution in [0.3, 0.4) is 0 Å². The first-order chi connectivity index (χ1) is 16.8. The molecule has 5 heterocycles. The van der Waals surface area contributed by atoms with Crippen molar-refractivity contribution in [3.05, 3.63) is 44.9 Å². The molecular formula is C23H24FN5O5S. The summed E-state index contributed by atoms with van der Waals surface area (Å²) in [6.07, 6.45) is 5.34. The molecule has 0 unspecified atom stereocenters. The van der Waals surface area contributed by atoms with Gasteiger partial charge in [-0.15, -0.1) is 0 Å². The minimum Gasteiger partial charge on any atom is -0.477 e. The van der Waals surface area contributed by atoms with Gasteiger partial charge in [-0.25, -0.2) is 14.8 Å². The summed E-state index contributed by atoms with van der Waals surface area (Å²) >= 11 is 0.717. The minimum absolute atomic E-state index is 0.0331. The molecule has 35 heavy (non-hydrogen) atoms. The number of hydrogen-bond acceptors (Lipinski definition) is 8. The van der Waals surface area contributed by atoms with Crippen molar-refractivity contribution in [2.75, 3.05) is 31.1 Å². The number of nitrogens with one attached hydrogen (secondary N) is 1. The Morgan fingerprint density at radius 2 is 2.14 bits per heavy atom. The average molecular weight is 502 g/mol. The first-order valence-electron chi connectivity index (χ1n) is 11.4. The van der Waals surface area contributed by atoms with E-state index in [0.717, 1.165) is 38.3 Å². The summed E-state index contributed by atoms with van der Waals surface area (Å²) in [5, 5.41) is 12.2. The van der Waals surface area contributed by atoms with Gasteiger partial charge in [-0.3, -0.25) is 14.2 Å². The number of ether oxygens (including phenoxy) is 1. The van der Waals surface area contributed by atoms with E-state index in [4.69, 9.17) is 4.74 Å². The Hall–Kier alpha value is -3.38. The summed E-state index contributed by atoms with van der Waals surface area (Å²) in [4.78, 5) is 47.6. The zero-order chi connectivity index (χ0) is 24.7. The second kappa shape index (κ2) is 9.34. The highest BCUT2D eigenvalue weighted by molar-refractivity contribution is 7.12. The predicted molar refractivity (Wildman–Crippen MR) is 127 cm³/mol. The van der Waals surface area contributed by atoms with Crippen LogP contribution in [0.1, 0.15) is 35.2 Å². The second-order valence-electron chi connectivity index (χ2n) is 8.83. The van der Waals surface area contributed by atoms with E-state index in [2.05, 4.69) is 15.3 Å². The van der Waals surface area contributed by atoms with Gasteiger partial charge in [0.15, 0.2) is 15.9 Å². The van der Waals surface area contributed by atoms with Crippen LogP contribution in [0.25, 0.3) is 16.2 Å². The van der Waals surface area contributed by atoms with Crippen molar-refractivity contribution in [1.82, 2.24) is 19.9 Å². The van der Waals surface area contributed by atoms with Gasteiger partial charge in [-0.2, -0.15) is 4.39 Å². The number of carboxylic acids is 1. The van der Waals surface area contributed by atoms with Crippen molar-refractivity contribution in [1.29, 1.82) is 0 Å². The molecule has 2 N–H and O–H groups in total. The molecule has 2 aliphatic heterocycles. The summed E-state index contributed by atoms with van der Waals surface area (Å²) < 4.78 is 20.7. The number of halogens is 1. The molecule has 3 aromatic heterocycles. The summed E-state index contributed by atoms with van der Waals surface area (Å²) in [5.74, 6) is -1.07. The SMILES string of the molecule is Cc1cc(N2CC(C(=O)NC[C@@H]3CCCCO3)C2)nc2c1c(=O)c(C(=O)O)cn2-c1ncc(F)s1. The van der Waals surface area contributed by atoms with Crippen molar-refractivity contribution >= 4 is 40.1 Å². The van der Waals surface area contributed by atoms with Crippen LogP contribution in [-0.4, -0.2) is 63.9 Å². The number of aromatic nitrogens is 3. The zero-order valence-electron chi connectivity index (χ0n) is 19.0. The summed E-state index contributed by atoms with van der Waals surface area (Å²) in [7, 11) is 0. The van der Waals surface area contributed by atoms with Gasteiger partial charge in [0.05, 0.1) is 23.6 Å². The highest BCUT2D eigenvalue weighted by atomic mass is 32.1. The number of pyridine rings is 2. The first kappa shape index (κ1) is 23.4. The van der Waals surface area contributed by atoms with E-state index < -0.39 is 22.1 Å². The topological polar surface area (TPSA) is 127 Å². The molecule has 1 amide bonds. The third kappa shape index (κ3) is 4.50. The van der Waals surface area contributed by atoms with Gasteiger partial charge in [-0.05, 0) is 37.8 Å². The van der Waals surface area contributed by atoms with Crippen LogP contribution in [0.15, 0.2) is 23.3 Å². The number of carbonyl (C=O) groups excluding carboxylic acids is 1. The fraction of sp³-hybridized carbons (Fsp3) is 0.435. The van der Waals surface area contributed by atoms with E-state index in [1.807, 2.05) is 4.90 Å². The molecule has 0 saturated carbocycles. The second-order valence-corrected chi connectivity index (χ2v) is 9.78. The molecule has 1 atom stereocenters. The Kier molecular flexibility index (Phi) is 6.24. The van der Waals surface area contributed by atoms with Crippen LogP contribution >= 0.6 is 11.3 Å². The van der Waals surface area contributed by atoms with Gasteiger partial charge in [-0.1, -0.05) is 11.3 Å². The van der Waals surface area contributed by atoms with Gasteiger partial charge in [0.1, 0.15) is 11.4 Å².